The molecule has 6 rings (SSSR count). The molecule has 1 aliphatic carbocycles. The van der Waals surface area contributed by atoms with E-state index in [1.54, 1.807) is 30.2 Å². The van der Waals surface area contributed by atoms with E-state index in [2.05, 4.69) is 10.4 Å². The summed E-state index contributed by atoms with van der Waals surface area (Å²) in [5.74, 6) is 0.0997. The number of carbonyl (C=O) groups is 2. The molecule has 198 valence electrons. The summed E-state index contributed by atoms with van der Waals surface area (Å²) < 4.78 is 3.30. The summed E-state index contributed by atoms with van der Waals surface area (Å²) in [6, 6.07) is 16.5. The third-order valence-electron chi connectivity index (χ3n) is 7.25. The van der Waals surface area contributed by atoms with Gasteiger partial charge in [0.2, 0.25) is 17.4 Å². The van der Waals surface area contributed by atoms with Gasteiger partial charge in [0.1, 0.15) is 0 Å². The van der Waals surface area contributed by atoms with Crippen molar-refractivity contribution >= 4 is 28.4 Å². The van der Waals surface area contributed by atoms with Crippen LogP contribution in [0.15, 0.2) is 71.8 Å². The number of hydrogen-bond acceptors (Lipinski definition) is 4. The smallest absolute Gasteiger partial charge is 0.250 e. The van der Waals surface area contributed by atoms with E-state index in [4.69, 9.17) is 0 Å². The average Bonchev–Trinajstić information content (AvgIpc) is 3.62. The zero-order valence-corrected chi connectivity index (χ0v) is 22.2. The molecule has 0 bridgehead atoms. The second-order valence-electron chi connectivity index (χ2n) is 9.79. The number of aromatic nitrogens is 3. The van der Waals surface area contributed by atoms with Gasteiger partial charge in [0.15, 0.2) is 0 Å². The Hall–Kier alpha value is -4.20. The minimum Gasteiger partial charge on any atom is -0.350 e. The molecule has 2 atom stereocenters. The molecule has 8 nitrogen and oxygen atoms in total. The first-order valence-electron chi connectivity index (χ1n) is 13.2. The van der Waals surface area contributed by atoms with E-state index in [0.29, 0.717) is 0 Å². The highest BCUT2D eigenvalue weighted by atomic mass is 16.2. The number of benzene rings is 2. The van der Waals surface area contributed by atoms with Crippen LogP contribution in [0.25, 0.3) is 16.6 Å². The first kappa shape index (κ1) is 25.4. The summed E-state index contributed by atoms with van der Waals surface area (Å²) in [7, 11) is 1.71. The van der Waals surface area contributed by atoms with Gasteiger partial charge in [0.25, 0.3) is 0 Å². The summed E-state index contributed by atoms with van der Waals surface area (Å²) in [6.45, 7) is 6.04. The minimum atomic E-state index is -0.296. The summed E-state index contributed by atoms with van der Waals surface area (Å²) in [5.41, 5.74) is 4.44. The first-order valence-corrected chi connectivity index (χ1v) is 13.2. The van der Waals surface area contributed by atoms with Gasteiger partial charge < -0.3 is 14.8 Å². The van der Waals surface area contributed by atoms with Crippen LogP contribution >= 0.6 is 0 Å². The number of aryl methyl sites for hydroxylation is 2. The van der Waals surface area contributed by atoms with Crippen molar-refractivity contribution in [3.8, 4) is 5.69 Å². The van der Waals surface area contributed by atoms with Crippen LogP contribution < -0.4 is 15.8 Å². The van der Waals surface area contributed by atoms with E-state index >= 15 is 0 Å². The Balaban J connectivity index is 0.00000115. The molecule has 2 aromatic heterocycles. The Kier molecular flexibility index (Phi) is 6.89. The zero-order chi connectivity index (χ0) is 27.0. The number of pyridine rings is 1. The lowest BCUT2D eigenvalue weighted by atomic mass is 9.95. The topological polar surface area (TPSA) is 89.2 Å². The van der Waals surface area contributed by atoms with Crippen LogP contribution in [0, 0.1) is 12.8 Å². The third kappa shape index (κ3) is 4.62. The maximum absolute atomic E-state index is 13.4. The Morgan fingerprint density at radius 2 is 1.76 bits per heavy atom. The molecule has 1 saturated carbocycles. The molecule has 2 aromatic carbocycles. The molecule has 1 saturated heterocycles. The van der Waals surface area contributed by atoms with Crippen molar-refractivity contribution in [3.63, 3.8) is 0 Å². The number of hydrogen-bond donors (Lipinski definition) is 1. The van der Waals surface area contributed by atoms with Crippen LogP contribution in [0.3, 0.4) is 0 Å². The molecule has 1 aliphatic heterocycles. The summed E-state index contributed by atoms with van der Waals surface area (Å²) >= 11 is 0. The van der Waals surface area contributed by atoms with Crippen LogP contribution in [0.5, 0.6) is 0 Å². The van der Waals surface area contributed by atoms with Crippen molar-refractivity contribution in [2.24, 2.45) is 13.0 Å². The molecule has 3 heterocycles. The Morgan fingerprint density at radius 3 is 2.47 bits per heavy atom. The van der Waals surface area contributed by atoms with Gasteiger partial charge >= 0.3 is 0 Å². The van der Waals surface area contributed by atoms with Gasteiger partial charge in [0, 0.05) is 44.1 Å². The van der Waals surface area contributed by atoms with E-state index in [1.807, 2.05) is 68.1 Å². The quantitative estimate of drug-likeness (QED) is 0.420. The molecule has 4 aromatic rings. The SMILES string of the molecule is CC.Cc1ccccc1[C@H]1[C@H](NC(=O)C2CC2)CC(=O)N1c1ccc2c(cnn2-c2ccc(=O)n(C)c2)c1.[HH]. The number of fused-ring (bicyclic) bond motifs is 1. The maximum Gasteiger partial charge on any atom is 0.250 e. The van der Waals surface area contributed by atoms with E-state index in [1.165, 1.54) is 10.6 Å². The molecule has 0 radical (unpaired) electrons. The first-order chi connectivity index (χ1) is 18.4. The number of nitrogens with one attached hydrogen (secondary N) is 1. The van der Waals surface area contributed by atoms with Crippen molar-refractivity contribution in [3.05, 3.63) is 88.5 Å². The van der Waals surface area contributed by atoms with Gasteiger partial charge in [-0.3, -0.25) is 14.4 Å². The lowest BCUT2D eigenvalue weighted by molar-refractivity contribution is -0.123. The number of nitrogens with zero attached hydrogens (tertiary/aromatic N) is 4. The van der Waals surface area contributed by atoms with Gasteiger partial charge in [-0.15, -0.1) is 0 Å². The fourth-order valence-corrected chi connectivity index (χ4v) is 5.17. The second-order valence-corrected chi connectivity index (χ2v) is 9.79. The lowest BCUT2D eigenvalue weighted by Crippen LogP contribution is -2.40. The number of anilines is 1. The summed E-state index contributed by atoms with van der Waals surface area (Å²) in [5, 5.41) is 8.59. The van der Waals surface area contributed by atoms with Gasteiger partial charge in [-0.2, -0.15) is 5.10 Å². The summed E-state index contributed by atoms with van der Waals surface area (Å²) in [6.07, 6.45) is 5.60. The highest BCUT2D eigenvalue weighted by Gasteiger charge is 2.44. The van der Waals surface area contributed by atoms with Gasteiger partial charge in [-0.25, -0.2) is 4.68 Å². The minimum absolute atomic E-state index is 0. The van der Waals surface area contributed by atoms with Crippen molar-refractivity contribution < 1.29 is 11.0 Å². The van der Waals surface area contributed by atoms with Gasteiger partial charge in [-0.05, 0) is 55.2 Å². The van der Waals surface area contributed by atoms with E-state index in [-0.39, 0.29) is 43.2 Å². The Labute approximate surface area is 223 Å². The largest absolute Gasteiger partial charge is 0.350 e. The van der Waals surface area contributed by atoms with Crippen molar-refractivity contribution in [2.45, 2.75) is 52.1 Å². The van der Waals surface area contributed by atoms with E-state index in [0.717, 1.165) is 46.2 Å². The lowest BCUT2D eigenvalue weighted by Gasteiger charge is -2.30. The van der Waals surface area contributed by atoms with Gasteiger partial charge in [-0.1, -0.05) is 38.1 Å². The normalized spacial score (nSPS) is 18.8. The molecule has 0 unspecified atom stereocenters. The fourth-order valence-electron chi connectivity index (χ4n) is 5.17. The molecule has 2 fully saturated rings. The summed E-state index contributed by atoms with van der Waals surface area (Å²) in [4.78, 5) is 39.7. The molecular formula is C30H35N5O3. The van der Waals surface area contributed by atoms with Crippen molar-refractivity contribution in [1.82, 2.24) is 19.7 Å². The Morgan fingerprint density at radius 1 is 1.03 bits per heavy atom. The highest BCUT2D eigenvalue weighted by molar-refractivity contribution is 6.00. The highest BCUT2D eigenvalue weighted by Crippen LogP contribution is 2.40. The number of carbonyl (C=O) groups excluding carboxylic acids is 2. The monoisotopic (exact) mass is 513 g/mol. The maximum atomic E-state index is 13.4. The van der Waals surface area contributed by atoms with Crippen LogP contribution in [0.1, 0.15) is 51.7 Å². The molecule has 38 heavy (non-hydrogen) atoms. The average molecular weight is 514 g/mol. The van der Waals surface area contributed by atoms with Crippen LogP contribution in [-0.2, 0) is 16.6 Å². The fraction of sp³-hybridized carbons (Fsp3) is 0.333. The van der Waals surface area contributed by atoms with Crippen molar-refractivity contribution in [2.75, 3.05) is 4.90 Å². The molecule has 1 N–H and O–H groups in total. The van der Waals surface area contributed by atoms with Gasteiger partial charge in [0.05, 0.1) is 29.5 Å². The van der Waals surface area contributed by atoms with E-state index in [9.17, 15) is 14.4 Å². The van der Waals surface area contributed by atoms with Crippen LogP contribution in [0.4, 0.5) is 5.69 Å². The number of amides is 2. The molecule has 8 heteroatoms. The second kappa shape index (κ2) is 10.3. The number of rotatable bonds is 5. The predicted molar refractivity (Wildman–Crippen MR) is 150 cm³/mol. The van der Waals surface area contributed by atoms with Crippen molar-refractivity contribution in [1.29, 1.82) is 0 Å². The third-order valence-corrected chi connectivity index (χ3v) is 7.25. The standard InChI is InChI=1S/C28H27N5O3.C2H6.H2/c1-17-5-3-4-6-22(17)27-23(30-28(36)18-7-8-18)14-26(35)32(27)20-9-11-24-19(13-20)15-29-33(24)21-10-12-25(34)31(2)16-21;1-2;/h3-6,9-13,15-16,18,23,27H,7-8,14H2,1-2H3,(H,30,36);1-2H3;1H/t23-,27+;;/m1../s1. The van der Waals surface area contributed by atoms with Crippen LogP contribution in [-0.4, -0.2) is 32.2 Å². The molecule has 2 aliphatic rings. The van der Waals surface area contributed by atoms with Crippen LogP contribution in [0.2, 0.25) is 0 Å². The molecule has 0 spiro atoms. The molecule has 2 amide bonds. The Bertz CT molecular complexity index is 1570. The van der Waals surface area contributed by atoms with E-state index < -0.39 is 0 Å². The molecular weight excluding hydrogens is 478 g/mol. The zero-order valence-electron chi connectivity index (χ0n) is 22.2. The predicted octanol–water partition coefficient (Wildman–Crippen LogP) is 4.68.